The van der Waals surface area contributed by atoms with Crippen molar-refractivity contribution in [2.75, 3.05) is 40.5 Å². The summed E-state index contributed by atoms with van der Waals surface area (Å²) in [5, 5.41) is 0. The van der Waals surface area contributed by atoms with Crippen LogP contribution in [0.4, 0.5) is 0 Å². The number of carbonyl (C=O) groups is 2. The van der Waals surface area contributed by atoms with Crippen LogP contribution in [0, 0.1) is 0 Å². The van der Waals surface area contributed by atoms with Crippen LogP contribution in [0.3, 0.4) is 0 Å². The van der Waals surface area contributed by atoms with Crippen molar-refractivity contribution in [3.8, 4) is 0 Å². The van der Waals surface area contributed by atoms with Gasteiger partial charge in [-0.3, -0.25) is 4.79 Å². The molecule has 1 aliphatic rings. The van der Waals surface area contributed by atoms with Crippen molar-refractivity contribution in [1.82, 2.24) is 9.80 Å². The van der Waals surface area contributed by atoms with E-state index in [2.05, 4.69) is 11.5 Å². The SMILES string of the molecule is C=C/C(C(=O)OC)=C(\C)N1CCN(C(=O)CCOC)[C@H](C)C1. The zero-order valence-corrected chi connectivity index (χ0v) is 13.9. The van der Waals surface area contributed by atoms with Crippen molar-refractivity contribution < 1.29 is 19.1 Å². The normalized spacial score (nSPS) is 19.5. The summed E-state index contributed by atoms with van der Waals surface area (Å²) in [5.41, 5.74) is 1.30. The van der Waals surface area contributed by atoms with Crippen molar-refractivity contribution in [3.63, 3.8) is 0 Å². The highest BCUT2D eigenvalue weighted by Gasteiger charge is 2.28. The third kappa shape index (κ3) is 4.34. The molecule has 124 valence electrons. The van der Waals surface area contributed by atoms with E-state index in [4.69, 9.17) is 9.47 Å². The van der Waals surface area contributed by atoms with Crippen molar-refractivity contribution in [1.29, 1.82) is 0 Å². The standard InChI is InChI=1S/C16H26N2O4/c1-6-14(16(20)22-5)13(3)17-8-9-18(12(2)11-17)15(19)7-10-21-4/h6,12H,1,7-11H2,2-5H3/b14-13-/t12-/m1/s1. The summed E-state index contributed by atoms with van der Waals surface area (Å²) in [4.78, 5) is 27.8. The molecule has 1 rings (SSSR count). The Morgan fingerprint density at radius 2 is 2.00 bits per heavy atom. The minimum Gasteiger partial charge on any atom is -0.465 e. The number of hydrogen-bond donors (Lipinski definition) is 0. The van der Waals surface area contributed by atoms with Gasteiger partial charge < -0.3 is 19.3 Å². The third-order valence-corrected chi connectivity index (χ3v) is 3.94. The van der Waals surface area contributed by atoms with E-state index >= 15 is 0 Å². The lowest BCUT2D eigenvalue weighted by molar-refractivity contribution is -0.137. The van der Waals surface area contributed by atoms with Crippen molar-refractivity contribution >= 4 is 11.9 Å². The number of nitrogens with zero attached hydrogens (tertiary/aromatic N) is 2. The van der Waals surface area contributed by atoms with E-state index < -0.39 is 5.97 Å². The zero-order chi connectivity index (χ0) is 16.7. The number of esters is 1. The smallest absolute Gasteiger partial charge is 0.339 e. The molecule has 0 aromatic carbocycles. The second kappa shape index (κ2) is 8.58. The Morgan fingerprint density at radius 1 is 1.32 bits per heavy atom. The van der Waals surface area contributed by atoms with Crippen LogP contribution in [-0.4, -0.2) is 68.2 Å². The number of allylic oxidation sites excluding steroid dienone is 1. The molecular weight excluding hydrogens is 284 g/mol. The molecule has 6 nitrogen and oxygen atoms in total. The van der Waals surface area contributed by atoms with E-state index in [1.165, 1.54) is 13.2 Å². The molecule has 0 aliphatic carbocycles. The van der Waals surface area contributed by atoms with E-state index in [0.717, 1.165) is 5.70 Å². The molecule has 1 aliphatic heterocycles. The van der Waals surface area contributed by atoms with E-state index in [0.29, 0.717) is 38.2 Å². The highest BCUT2D eigenvalue weighted by atomic mass is 16.5. The molecule has 6 heteroatoms. The van der Waals surface area contributed by atoms with E-state index in [-0.39, 0.29) is 11.9 Å². The highest BCUT2D eigenvalue weighted by Crippen LogP contribution is 2.19. The fourth-order valence-electron chi connectivity index (χ4n) is 2.62. The number of piperazine rings is 1. The summed E-state index contributed by atoms with van der Waals surface area (Å²) < 4.78 is 9.73. The lowest BCUT2D eigenvalue weighted by Crippen LogP contribution is -2.53. The maximum Gasteiger partial charge on any atom is 0.339 e. The Hall–Kier alpha value is -1.82. The number of ether oxygens (including phenoxy) is 2. The summed E-state index contributed by atoms with van der Waals surface area (Å²) >= 11 is 0. The Kier molecular flexibility index (Phi) is 7.11. The van der Waals surface area contributed by atoms with Gasteiger partial charge in [0.05, 0.1) is 25.7 Å². The average Bonchev–Trinajstić information content (AvgIpc) is 2.52. The first kappa shape index (κ1) is 18.2. The van der Waals surface area contributed by atoms with Crippen LogP contribution in [0.25, 0.3) is 0 Å². The molecule has 0 N–H and O–H groups in total. The van der Waals surface area contributed by atoms with Crippen LogP contribution < -0.4 is 0 Å². The summed E-state index contributed by atoms with van der Waals surface area (Å²) in [6.07, 6.45) is 1.91. The molecule has 0 bridgehead atoms. The fourth-order valence-corrected chi connectivity index (χ4v) is 2.62. The van der Waals surface area contributed by atoms with Gasteiger partial charge in [-0.2, -0.15) is 0 Å². The monoisotopic (exact) mass is 310 g/mol. The predicted molar refractivity (Wildman–Crippen MR) is 84.2 cm³/mol. The maximum absolute atomic E-state index is 12.1. The molecule has 1 fully saturated rings. The maximum atomic E-state index is 12.1. The number of amides is 1. The van der Waals surface area contributed by atoms with Crippen molar-refractivity contribution in [2.24, 2.45) is 0 Å². The Bertz CT molecular complexity index is 459. The number of rotatable bonds is 6. The number of methoxy groups -OCH3 is 2. The molecule has 0 saturated carbocycles. The highest BCUT2D eigenvalue weighted by molar-refractivity contribution is 5.92. The molecule has 1 atom stereocenters. The first-order valence-electron chi connectivity index (χ1n) is 7.41. The fraction of sp³-hybridized carbons (Fsp3) is 0.625. The second-order valence-electron chi connectivity index (χ2n) is 5.32. The Labute approximate surface area is 132 Å². The van der Waals surface area contributed by atoms with E-state index in [1.807, 2.05) is 18.7 Å². The van der Waals surface area contributed by atoms with Crippen LogP contribution in [-0.2, 0) is 19.1 Å². The van der Waals surface area contributed by atoms with Gasteiger partial charge in [0.2, 0.25) is 5.91 Å². The van der Waals surface area contributed by atoms with Gasteiger partial charge in [-0.1, -0.05) is 12.7 Å². The van der Waals surface area contributed by atoms with Gasteiger partial charge in [-0.15, -0.1) is 0 Å². The van der Waals surface area contributed by atoms with Gasteiger partial charge in [-0.25, -0.2) is 4.79 Å². The summed E-state index contributed by atoms with van der Waals surface area (Å²) in [6.45, 7) is 10.00. The number of hydrogen-bond acceptors (Lipinski definition) is 5. The topological polar surface area (TPSA) is 59.1 Å². The first-order chi connectivity index (χ1) is 10.5. The largest absolute Gasteiger partial charge is 0.465 e. The van der Waals surface area contributed by atoms with Crippen LogP contribution in [0.1, 0.15) is 20.3 Å². The first-order valence-corrected chi connectivity index (χ1v) is 7.41. The van der Waals surface area contributed by atoms with E-state index in [1.54, 1.807) is 7.11 Å². The van der Waals surface area contributed by atoms with Gasteiger partial charge in [0, 0.05) is 38.5 Å². The minimum atomic E-state index is -0.390. The van der Waals surface area contributed by atoms with Gasteiger partial charge in [0.25, 0.3) is 0 Å². The molecule has 22 heavy (non-hydrogen) atoms. The third-order valence-electron chi connectivity index (χ3n) is 3.94. The van der Waals surface area contributed by atoms with Crippen molar-refractivity contribution in [3.05, 3.63) is 23.9 Å². The van der Waals surface area contributed by atoms with Crippen LogP contribution >= 0.6 is 0 Å². The lowest BCUT2D eigenvalue weighted by Gasteiger charge is -2.41. The van der Waals surface area contributed by atoms with Gasteiger partial charge >= 0.3 is 5.97 Å². The molecule has 0 aromatic heterocycles. The second-order valence-corrected chi connectivity index (χ2v) is 5.32. The minimum absolute atomic E-state index is 0.0803. The summed E-state index contributed by atoms with van der Waals surface area (Å²) in [5.74, 6) is -0.286. The molecular formula is C16H26N2O4. The molecule has 0 spiro atoms. The molecule has 0 radical (unpaired) electrons. The van der Waals surface area contributed by atoms with E-state index in [9.17, 15) is 9.59 Å². The van der Waals surface area contributed by atoms with Gasteiger partial charge in [0.1, 0.15) is 0 Å². The lowest BCUT2D eigenvalue weighted by atomic mass is 10.1. The molecule has 1 saturated heterocycles. The van der Waals surface area contributed by atoms with Crippen molar-refractivity contribution in [2.45, 2.75) is 26.3 Å². The molecule has 0 aromatic rings. The predicted octanol–water partition coefficient (Wildman–Crippen LogP) is 1.19. The zero-order valence-electron chi connectivity index (χ0n) is 13.9. The Morgan fingerprint density at radius 3 is 2.50 bits per heavy atom. The Balaban J connectivity index is 2.77. The summed E-state index contributed by atoms with van der Waals surface area (Å²) in [6, 6.07) is 0.0803. The van der Waals surface area contributed by atoms with Crippen LogP contribution in [0.5, 0.6) is 0 Å². The van der Waals surface area contributed by atoms with Crippen LogP contribution in [0.15, 0.2) is 23.9 Å². The van der Waals surface area contributed by atoms with Gasteiger partial charge in [-0.05, 0) is 13.8 Å². The molecule has 1 amide bonds. The van der Waals surface area contributed by atoms with Crippen LogP contribution in [0.2, 0.25) is 0 Å². The van der Waals surface area contributed by atoms with Gasteiger partial charge in [0.15, 0.2) is 0 Å². The quantitative estimate of drug-likeness (QED) is 0.419. The summed E-state index contributed by atoms with van der Waals surface area (Å²) in [7, 11) is 2.95. The molecule has 1 heterocycles. The average molecular weight is 310 g/mol. The molecule has 0 unspecified atom stereocenters. The number of carbonyl (C=O) groups excluding carboxylic acids is 2.